The minimum Gasteiger partial charge on any atom is -0.362 e. The molecule has 0 amide bonds. The highest BCUT2D eigenvalue weighted by atomic mass is 15.3. The van der Waals surface area contributed by atoms with Crippen molar-refractivity contribution in [3.63, 3.8) is 0 Å². The zero-order chi connectivity index (χ0) is 18.0. The summed E-state index contributed by atoms with van der Waals surface area (Å²) in [5.74, 6) is 1.39. The third-order valence-electron chi connectivity index (χ3n) is 7.17. The third kappa shape index (κ3) is 6.18. The average Bonchev–Trinajstić information content (AvgIpc) is 2.65. The largest absolute Gasteiger partial charge is 0.362 e. The fourth-order valence-corrected chi connectivity index (χ4v) is 5.42. The average molecular weight is 361 g/mol. The molecule has 26 heavy (non-hydrogen) atoms. The molecular formula is C22H40N4. The second-order valence-corrected chi connectivity index (χ2v) is 8.94. The second kappa shape index (κ2) is 11.2. The Bertz CT molecular complexity index is 418. The predicted molar refractivity (Wildman–Crippen MR) is 109 cm³/mol. The lowest BCUT2D eigenvalue weighted by atomic mass is 9.75. The van der Waals surface area contributed by atoms with Gasteiger partial charge in [0.25, 0.3) is 5.71 Å². The van der Waals surface area contributed by atoms with Gasteiger partial charge in [-0.3, -0.25) is 9.80 Å². The topological polar surface area (TPSA) is 42.9 Å². The molecule has 0 aromatic carbocycles. The zero-order valence-electron chi connectivity index (χ0n) is 16.9. The van der Waals surface area contributed by atoms with Gasteiger partial charge in [0.2, 0.25) is 0 Å². The maximum Gasteiger partial charge on any atom is 0.272 e. The molecular weight excluding hydrogens is 320 g/mol. The summed E-state index contributed by atoms with van der Waals surface area (Å²) in [6, 6.07) is 0. The molecule has 3 heterocycles. The lowest BCUT2D eigenvalue weighted by Gasteiger charge is -2.41. The van der Waals surface area contributed by atoms with Crippen molar-refractivity contribution in [1.82, 2.24) is 9.80 Å². The van der Waals surface area contributed by atoms with E-state index in [1.807, 2.05) is 0 Å². The zero-order valence-corrected chi connectivity index (χ0v) is 16.9. The Morgan fingerprint density at radius 2 is 1.08 bits per heavy atom. The molecule has 0 radical (unpaired) electrons. The SMILES string of the molecule is C1CN2CCN1CC2.[N-]=[N+]=C1CCCCCCC1C1CCCCCCC1. The van der Waals surface area contributed by atoms with Crippen LogP contribution in [0.5, 0.6) is 0 Å². The van der Waals surface area contributed by atoms with Gasteiger partial charge in [0, 0.05) is 45.7 Å². The van der Waals surface area contributed by atoms with Crippen LogP contribution in [0.3, 0.4) is 0 Å². The van der Waals surface area contributed by atoms with Crippen molar-refractivity contribution in [3.05, 3.63) is 5.53 Å². The summed E-state index contributed by atoms with van der Waals surface area (Å²) in [6.45, 7) is 7.92. The second-order valence-electron chi connectivity index (χ2n) is 8.94. The van der Waals surface area contributed by atoms with E-state index in [2.05, 4.69) is 14.6 Å². The van der Waals surface area contributed by atoms with Crippen molar-refractivity contribution < 1.29 is 4.79 Å². The molecule has 3 aliphatic heterocycles. The van der Waals surface area contributed by atoms with E-state index >= 15 is 0 Å². The molecule has 2 aliphatic carbocycles. The summed E-state index contributed by atoms with van der Waals surface area (Å²) in [5.41, 5.74) is 10.4. The van der Waals surface area contributed by atoms with Crippen LogP contribution in [0.2, 0.25) is 0 Å². The number of hydrogen-bond acceptors (Lipinski definition) is 2. The maximum absolute atomic E-state index is 9.32. The molecule has 148 valence electrons. The maximum atomic E-state index is 9.32. The van der Waals surface area contributed by atoms with E-state index in [9.17, 15) is 5.53 Å². The van der Waals surface area contributed by atoms with Gasteiger partial charge in [-0.15, -0.1) is 0 Å². The summed E-state index contributed by atoms with van der Waals surface area (Å²) in [7, 11) is 0. The molecule has 0 spiro atoms. The Hall–Kier alpha value is -0.700. The van der Waals surface area contributed by atoms with Crippen LogP contribution in [-0.4, -0.2) is 59.6 Å². The first-order valence-electron chi connectivity index (χ1n) is 11.5. The van der Waals surface area contributed by atoms with Crippen LogP contribution in [-0.2, 0) is 0 Å². The molecule has 3 saturated heterocycles. The van der Waals surface area contributed by atoms with Gasteiger partial charge < -0.3 is 5.53 Å². The van der Waals surface area contributed by atoms with Gasteiger partial charge in [-0.1, -0.05) is 51.4 Å². The third-order valence-corrected chi connectivity index (χ3v) is 7.17. The lowest BCUT2D eigenvalue weighted by molar-refractivity contribution is -0.0210. The molecule has 5 rings (SSSR count). The number of fused-ring (bicyclic) bond motifs is 3. The Labute approximate surface area is 160 Å². The Balaban J connectivity index is 0.000000201. The Morgan fingerprint density at radius 1 is 0.615 bits per heavy atom. The van der Waals surface area contributed by atoms with Crippen molar-refractivity contribution >= 4 is 5.71 Å². The van der Waals surface area contributed by atoms with E-state index in [1.54, 1.807) is 0 Å². The first-order chi connectivity index (χ1) is 12.9. The van der Waals surface area contributed by atoms with Crippen molar-refractivity contribution in [2.45, 2.75) is 83.5 Å². The van der Waals surface area contributed by atoms with Crippen LogP contribution in [0.1, 0.15) is 83.5 Å². The Morgan fingerprint density at radius 3 is 1.58 bits per heavy atom. The highest BCUT2D eigenvalue weighted by Crippen LogP contribution is 2.34. The molecule has 5 aliphatic rings. The summed E-state index contributed by atoms with van der Waals surface area (Å²) >= 11 is 0. The van der Waals surface area contributed by atoms with Gasteiger partial charge >= 0.3 is 0 Å². The molecule has 4 nitrogen and oxygen atoms in total. The number of nitrogens with zero attached hydrogens (tertiary/aromatic N) is 4. The van der Waals surface area contributed by atoms with Crippen LogP contribution in [0.25, 0.3) is 5.53 Å². The summed E-state index contributed by atoms with van der Waals surface area (Å²) in [6.07, 6.45) is 17.3. The molecule has 4 heteroatoms. The Kier molecular flexibility index (Phi) is 8.64. The van der Waals surface area contributed by atoms with Crippen LogP contribution in [0, 0.1) is 11.8 Å². The van der Waals surface area contributed by atoms with Crippen molar-refractivity contribution in [2.75, 3.05) is 39.3 Å². The fourth-order valence-electron chi connectivity index (χ4n) is 5.42. The van der Waals surface area contributed by atoms with E-state index in [0.717, 1.165) is 18.1 Å². The van der Waals surface area contributed by atoms with Gasteiger partial charge in [-0.05, 0) is 31.6 Å². The molecule has 1 unspecified atom stereocenters. The van der Waals surface area contributed by atoms with Crippen LogP contribution in [0.15, 0.2) is 0 Å². The standard InChI is InChI=1S/C16H28N2.C6H12N2/c17-18-16-13-9-5-4-8-12-15(16)14-10-6-2-1-3-7-11-14;1-2-8-5-3-7(1)4-6-8/h14-15H,1-13H2;1-6H2. The van der Waals surface area contributed by atoms with Crippen molar-refractivity contribution in [1.29, 1.82) is 0 Å². The molecule has 5 fully saturated rings. The highest BCUT2D eigenvalue weighted by molar-refractivity contribution is 5.81. The van der Waals surface area contributed by atoms with Crippen LogP contribution < -0.4 is 0 Å². The minimum absolute atomic E-state index is 0.591. The first-order valence-corrected chi connectivity index (χ1v) is 11.5. The van der Waals surface area contributed by atoms with E-state index < -0.39 is 0 Å². The fraction of sp³-hybridized carbons (Fsp3) is 0.955. The van der Waals surface area contributed by atoms with Crippen LogP contribution >= 0.6 is 0 Å². The summed E-state index contributed by atoms with van der Waals surface area (Å²) in [5, 5.41) is 0. The van der Waals surface area contributed by atoms with Gasteiger partial charge in [-0.25, -0.2) is 0 Å². The van der Waals surface area contributed by atoms with Gasteiger partial charge in [0.15, 0.2) is 0 Å². The van der Waals surface area contributed by atoms with Gasteiger partial charge in [0.1, 0.15) is 0 Å². The quantitative estimate of drug-likeness (QED) is 0.506. The number of rotatable bonds is 1. The molecule has 0 N–H and O–H groups in total. The molecule has 2 bridgehead atoms. The predicted octanol–water partition coefficient (Wildman–Crippen LogP) is 4.61. The number of hydrogen-bond donors (Lipinski definition) is 0. The molecule has 2 saturated carbocycles. The number of piperazine rings is 3. The van der Waals surface area contributed by atoms with E-state index in [0.29, 0.717) is 5.92 Å². The van der Waals surface area contributed by atoms with E-state index in [-0.39, 0.29) is 0 Å². The molecule has 1 atom stereocenters. The van der Waals surface area contributed by atoms with Gasteiger partial charge in [-0.2, -0.15) is 4.79 Å². The highest BCUT2D eigenvalue weighted by Gasteiger charge is 2.31. The smallest absolute Gasteiger partial charge is 0.272 e. The van der Waals surface area contributed by atoms with Crippen LogP contribution in [0.4, 0.5) is 0 Å². The van der Waals surface area contributed by atoms with E-state index in [4.69, 9.17) is 0 Å². The first kappa shape index (κ1) is 20.0. The molecule has 0 aromatic rings. The molecule has 0 aromatic heterocycles. The van der Waals surface area contributed by atoms with E-state index in [1.165, 1.54) is 116 Å². The van der Waals surface area contributed by atoms with Crippen molar-refractivity contribution in [3.8, 4) is 0 Å². The minimum atomic E-state index is 0.591. The summed E-state index contributed by atoms with van der Waals surface area (Å²) < 4.78 is 0. The normalized spacial score (nSPS) is 33.7. The lowest BCUT2D eigenvalue weighted by Crippen LogP contribution is -2.55. The van der Waals surface area contributed by atoms with Crippen molar-refractivity contribution in [2.24, 2.45) is 11.8 Å². The van der Waals surface area contributed by atoms with Gasteiger partial charge in [0.05, 0.1) is 5.92 Å². The monoisotopic (exact) mass is 360 g/mol. The summed E-state index contributed by atoms with van der Waals surface area (Å²) in [4.78, 5) is 8.76.